The van der Waals surface area contributed by atoms with Gasteiger partial charge in [0, 0.05) is 35.5 Å². The Kier molecular flexibility index (Phi) is 5.79. The number of nitrogens with zero attached hydrogens (tertiary/aromatic N) is 4. The van der Waals surface area contributed by atoms with Crippen LogP contribution in [0.3, 0.4) is 0 Å². The third-order valence-electron chi connectivity index (χ3n) is 6.35. The van der Waals surface area contributed by atoms with Gasteiger partial charge >= 0.3 is 0 Å². The Hall–Kier alpha value is -3.71. The van der Waals surface area contributed by atoms with Gasteiger partial charge < -0.3 is 19.5 Å². The van der Waals surface area contributed by atoms with E-state index in [0.717, 1.165) is 34.3 Å². The third-order valence-corrected chi connectivity index (χ3v) is 6.66. The van der Waals surface area contributed by atoms with E-state index in [1.807, 2.05) is 54.9 Å². The zero-order valence-electron chi connectivity index (χ0n) is 19.7. The molecule has 6 nitrogen and oxygen atoms in total. The monoisotopic (exact) mass is 469 g/mol. The SMILES string of the molecule is COc1cccc(N2C(=S)N[C@@H](c3ccccn3)[C@@H]2c2cc(C)n(-c3cc(C)ccn3)c2C)c1. The third kappa shape index (κ3) is 3.82. The number of methoxy groups -OCH3 is 1. The highest BCUT2D eigenvalue weighted by atomic mass is 32.1. The van der Waals surface area contributed by atoms with Crippen molar-refractivity contribution < 1.29 is 4.74 Å². The molecule has 0 aliphatic carbocycles. The van der Waals surface area contributed by atoms with Crippen LogP contribution in [0.4, 0.5) is 5.69 Å². The number of ether oxygens (including phenoxy) is 1. The molecule has 172 valence electrons. The number of aryl methyl sites for hydroxylation is 2. The number of nitrogens with one attached hydrogen (secondary N) is 1. The fraction of sp³-hybridized carbons (Fsp3) is 0.222. The van der Waals surface area contributed by atoms with Crippen LogP contribution in [0.15, 0.2) is 73.1 Å². The van der Waals surface area contributed by atoms with E-state index >= 15 is 0 Å². The molecule has 1 fully saturated rings. The molecule has 1 aliphatic rings. The molecule has 0 spiro atoms. The van der Waals surface area contributed by atoms with Crippen molar-refractivity contribution >= 4 is 23.0 Å². The molecule has 4 aromatic rings. The van der Waals surface area contributed by atoms with Gasteiger partial charge in [-0.2, -0.15) is 0 Å². The molecule has 0 amide bonds. The Labute approximate surface area is 205 Å². The van der Waals surface area contributed by atoms with Crippen molar-refractivity contribution in [1.29, 1.82) is 0 Å². The average Bonchev–Trinajstić information content (AvgIpc) is 3.34. The van der Waals surface area contributed by atoms with Crippen LogP contribution >= 0.6 is 12.2 Å². The average molecular weight is 470 g/mol. The molecule has 0 saturated carbocycles. The van der Waals surface area contributed by atoms with E-state index < -0.39 is 0 Å². The lowest BCUT2D eigenvalue weighted by atomic mass is 9.96. The lowest BCUT2D eigenvalue weighted by Crippen LogP contribution is -2.29. The summed E-state index contributed by atoms with van der Waals surface area (Å²) in [7, 11) is 1.68. The highest BCUT2D eigenvalue weighted by molar-refractivity contribution is 7.80. The molecule has 0 radical (unpaired) electrons. The quantitative estimate of drug-likeness (QED) is 0.396. The number of thiocarbonyl (C=S) groups is 1. The van der Waals surface area contributed by atoms with Crippen molar-refractivity contribution in [1.82, 2.24) is 19.9 Å². The number of pyridine rings is 2. The second kappa shape index (κ2) is 8.91. The van der Waals surface area contributed by atoms with Crippen molar-refractivity contribution in [2.24, 2.45) is 0 Å². The molecule has 1 saturated heterocycles. The maximum atomic E-state index is 5.88. The first kappa shape index (κ1) is 22.1. The van der Waals surface area contributed by atoms with Gasteiger partial charge in [0.15, 0.2) is 5.11 Å². The van der Waals surface area contributed by atoms with E-state index in [-0.39, 0.29) is 12.1 Å². The Balaban J connectivity index is 1.69. The number of benzene rings is 1. The van der Waals surface area contributed by atoms with Crippen LogP contribution in [0.5, 0.6) is 5.75 Å². The number of aromatic nitrogens is 3. The normalized spacial score (nSPS) is 17.6. The zero-order valence-corrected chi connectivity index (χ0v) is 20.5. The molecule has 2 atom stereocenters. The van der Waals surface area contributed by atoms with Crippen LogP contribution in [-0.2, 0) is 0 Å². The minimum atomic E-state index is -0.112. The molecule has 0 unspecified atom stereocenters. The van der Waals surface area contributed by atoms with Crippen LogP contribution in [0, 0.1) is 20.8 Å². The fourth-order valence-corrected chi connectivity index (χ4v) is 5.14. The number of hydrogen-bond donors (Lipinski definition) is 1. The van der Waals surface area contributed by atoms with E-state index in [0.29, 0.717) is 5.11 Å². The predicted octanol–water partition coefficient (Wildman–Crippen LogP) is 5.38. The van der Waals surface area contributed by atoms with E-state index in [1.54, 1.807) is 7.11 Å². The van der Waals surface area contributed by atoms with Gasteiger partial charge in [0.1, 0.15) is 11.6 Å². The summed E-state index contributed by atoms with van der Waals surface area (Å²) >= 11 is 5.88. The minimum Gasteiger partial charge on any atom is -0.497 e. The van der Waals surface area contributed by atoms with E-state index in [4.69, 9.17) is 17.0 Å². The molecule has 1 N–H and O–H groups in total. The molecule has 5 rings (SSSR count). The maximum absolute atomic E-state index is 5.88. The highest BCUT2D eigenvalue weighted by Crippen LogP contribution is 2.44. The molecule has 1 aliphatic heterocycles. The van der Waals surface area contributed by atoms with Crippen molar-refractivity contribution in [3.63, 3.8) is 0 Å². The van der Waals surface area contributed by atoms with Crippen molar-refractivity contribution in [3.05, 3.63) is 101 Å². The summed E-state index contributed by atoms with van der Waals surface area (Å²) < 4.78 is 7.71. The Bertz CT molecular complexity index is 1350. The van der Waals surface area contributed by atoms with Crippen molar-refractivity contribution in [2.45, 2.75) is 32.9 Å². The second-order valence-electron chi connectivity index (χ2n) is 8.55. The molecule has 1 aromatic carbocycles. The molecule has 0 bridgehead atoms. The lowest BCUT2D eigenvalue weighted by molar-refractivity contribution is 0.415. The maximum Gasteiger partial charge on any atom is 0.174 e. The molecule has 34 heavy (non-hydrogen) atoms. The summed E-state index contributed by atoms with van der Waals surface area (Å²) in [6.07, 6.45) is 3.68. The Morgan fingerprint density at radius 3 is 2.53 bits per heavy atom. The summed E-state index contributed by atoms with van der Waals surface area (Å²) in [5, 5.41) is 4.20. The predicted molar refractivity (Wildman–Crippen MR) is 139 cm³/mol. The summed E-state index contributed by atoms with van der Waals surface area (Å²) in [6, 6.07) is 20.1. The van der Waals surface area contributed by atoms with Crippen LogP contribution in [0.2, 0.25) is 0 Å². The topological polar surface area (TPSA) is 55.2 Å². The summed E-state index contributed by atoms with van der Waals surface area (Å²) in [4.78, 5) is 11.5. The van der Waals surface area contributed by atoms with Gasteiger partial charge in [-0.15, -0.1) is 0 Å². The lowest BCUT2D eigenvalue weighted by Gasteiger charge is -2.28. The largest absolute Gasteiger partial charge is 0.497 e. The van der Waals surface area contributed by atoms with Gasteiger partial charge in [-0.25, -0.2) is 4.98 Å². The van der Waals surface area contributed by atoms with Gasteiger partial charge in [0.2, 0.25) is 0 Å². The van der Waals surface area contributed by atoms with Crippen LogP contribution in [0.1, 0.15) is 40.3 Å². The zero-order chi connectivity index (χ0) is 23.8. The number of anilines is 1. The second-order valence-corrected chi connectivity index (χ2v) is 8.94. The Morgan fingerprint density at radius 2 is 1.79 bits per heavy atom. The molecule has 3 aromatic heterocycles. The molecule has 7 heteroatoms. The van der Waals surface area contributed by atoms with Crippen LogP contribution in [0.25, 0.3) is 5.82 Å². The fourth-order valence-electron chi connectivity index (χ4n) is 4.79. The van der Waals surface area contributed by atoms with Crippen molar-refractivity contribution in [2.75, 3.05) is 12.0 Å². The van der Waals surface area contributed by atoms with Gasteiger partial charge in [-0.05, 0) is 86.6 Å². The summed E-state index contributed by atoms with van der Waals surface area (Å²) in [6.45, 7) is 6.35. The van der Waals surface area contributed by atoms with Gasteiger partial charge in [0.25, 0.3) is 0 Å². The standard InChI is InChI=1S/C27H27N5OS/c1-17-11-13-29-24(14-17)31-18(2)15-22(19(31)3)26-25(23-10-5-6-12-28-23)30-27(34)32(26)20-8-7-9-21(16-20)33-4/h5-16,25-26H,1-4H3,(H,30,34)/t25-,26-/m0/s1. The molecular formula is C27H27N5OS. The van der Waals surface area contributed by atoms with Crippen LogP contribution < -0.4 is 15.0 Å². The van der Waals surface area contributed by atoms with E-state index in [2.05, 4.69) is 63.7 Å². The molecular weight excluding hydrogens is 442 g/mol. The van der Waals surface area contributed by atoms with E-state index in [1.165, 1.54) is 11.1 Å². The summed E-state index contributed by atoms with van der Waals surface area (Å²) in [5.74, 6) is 1.70. The minimum absolute atomic E-state index is 0.0979. The number of hydrogen-bond acceptors (Lipinski definition) is 4. The van der Waals surface area contributed by atoms with Gasteiger partial charge in [0.05, 0.1) is 24.9 Å². The van der Waals surface area contributed by atoms with Crippen LogP contribution in [-0.4, -0.2) is 26.8 Å². The van der Waals surface area contributed by atoms with Gasteiger partial charge in [-0.1, -0.05) is 12.1 Å². The first-order chi connectivity index (χ1) is 16.5. The first-order valence-corrected chi connectivity index (χ1v) is 11.7. The highest BCUT2D eigenvalue weighted by Gasteiger charge is 2.42. The Morgan fingerprint density at radius 1 is 0.941 bits per heavy atom. The van der Waals surface area contributed by atoms with E-state index in [9.17, 15) is 0 Å². The van der Waals surface area contributed by atoms with Gasteiger partial charge in [-0.3, -0.25) is 4.98 Å². The summed E-state index contributed by atoms with van der Waals surface area (Å²) in [5.41, 5.74) is 6.51. The van der Waals surface area contributed by atoms with Crippen molar-refractivity contribution in [3.8, 4) is 11.6 Å². The smallest absolute Gasteiger partial charge is 0.174 e. The number of rotatable bonds is 5. The first-order valence-electron chi connectivity index (χ1n) is 11.2. The molecule has 4 heterocycles.